The van der Waals surface area contributed by atoms with Gasteiger partial charge in [0.15, 0.2) is 0 Å². The highest BCUT2D eigenvalue weighted by atomic mass is 16.6. The minimum atomic E-state index is -0.397. The number of nitrogens with zero attached hydrogens (tertiary/aromatic N) is 1. The molecule has 6 nitrogen and oxygen atoms in total. The van der Waals surface area contributed by atoms with Gasteiger partial charge in [0.2, 0.25) is 5.91 Å². The van der Waals surface area contributed by atoms with E-state index in [1.807, 2.05) is 18.2 Å². The molecule has 2 N–H and O–H groups in total. The van der Waals surface area contributed by atoms with Gasteiger partial charge in [0.1, 0.15) is 6.61 Å². The van der Waals surface area contributed by atoms with Crippen LogP contribution in [0.1, 0.15) is 24.1 Å². The lowest BCUT2D eigenvalue weighted by atomic mass is 10.0. The Morgan fingerprint density at radius 3 is 2.95 bits per heavy atom. The maximum atomic E-state index is 11.6. The Morgan fingerprint density at radius 1 is 1.48 bits per heavy atom. The number of nitrogens with two attached hydrogens (primary N) is 1. The molecule has 0 aliphatic carbocycles. The topological polar surface area (TPSA) is 81.9 Å². The molecule has 1 aliphatic heterocycles. The normalized spacial score (nSPS) is 15.0. The first-order valence-electron chi connectivity index (χ1n) is 6.91. The van der Waals surface area contributed by atoms with E-state index in [4.69, 9.17) is 15.2 Å². The summed E-state index contributed by atoms with van der Waals surface area (Å²) in [6, 6.07) is 5.35. The van der Waals surface area contributed by atoms with Gasteiger partial charge >= 0.3 is 5.97 Å². The number of hydrogen-bond donors (Lipinski definition) is 1. The van der Waals surface area contributed by atoms with Gasteiger partial charge in [-0.1, -0.05) is 12.1 Å². The van der Waals surface area contributed by atoms with Crippen molar-refractivity contribution in [2.24, 2.45) is 5.73 Å². The molecule has 2 rings (SSSR count). The van der Waals surface area contributed by atoms with E-state index < -0.39 is 5.97 Å². The molecule has 0 fully saturated rings. The van der Waals surface area contributed by atoms with Crippen molar-refractivity contribution in [2.75, 3.05) is 31.8 Å². The minimum absolute atomic E-state index is 0.0780. The number of amides is 1. The van der Waals surface area contributed by atoms with Crippen LogP contribution in [-0.2, 0) is 25.5 Å². The van der Waals surface area contributed by atoms with Gasteiger partial charge in [-0.2, -0.15) is 0 Å². The standard InChI is InChI=1S/C15H20N2O4/c1-3-21-15(19)9-20-8-12(16)10-4-5-13-11(6-10)7-14(18)17(13)2/h4-6,12H,3,7-9,16H2,1-2H3. The number of hydrogen-bond acceptors (Lipinski definition) is 5. The fourth-order valence-corrected chi connectivity index (χ4v) is 2.29. The zero-order valence-corrected chi connectivity index (χ0v) is 12.3. The van der Waals surface area contributed by atoms with Gasteiger partial charge < -0.3 is 20.1 Å². The number of ether oxygens (including phenoxy) is 2. The molecule has 114 valence electrons. The van der Waals surface area contributed by atoms with Crippen LogP contribution >= 0.6 is 0 Å². The van der Waals surface area contributed by atoms with Crippen LogP contribution in [0.25, 0.3) is 0 Å². The Kier molecular flexibility index (Phi) is 4.93. The lowest BCUT2D eigenvalue weighted by Gasteiger charge is -2.15. The molecule has 21 heavy (non-hydrogen) atoms. The molecular weight excluding hydrogens is 272 g/mol. The zero-order chi connectivity index (χ0) is 15.4. The molecule has 1 atom stereocenters. The molecule has 0 saturated heterocycles. The Balaban J connectivity index is 1.92. The predicted octanol–water partition coefficient (Wildman–Crippen LogP) is 0.785. The van der Waals surface area contributed by atoms with Crippen LogP contribution in [-0.4, -0.2) is 38.7 Å². The molecule has 1 aliphatic rings. The average molecular weight is 292 g/mol. The third-order valence-electron chi connectivity index (χ3n) is 3.43. The highest BCUT2D eigenvalue weighted by Crippen LogP contribution is 2.29. The summed E-state index contributed by atoms with van der Waals surface area (Å²) in [5.41, 5.74) is 8.83. The third-order valence-corrected chi connectivity index (χ3v) is 3.43. The van der Waals surface area contributed by atoms with Crippen LogP contribution in [0.2, 0.25) is 0 Å². The molecule has 0 saturated carbocycles. The van der Waals surface area contributed by atoms with E-state index in [-0.39, 0.29) is 25.2 Å². The second-order valence-electron chi connectivity index (χ2n) is 4.94. The van der Waals surface area contributed by atoms with Crippen LogP contribution in [0.5, 0.6) is 0 Å². The molecule has 6 heteroatoms. The largest absolute Gasteiger partial charge is 0.464 e. The molecule has 1 unspecified atom stereocenters. The second kappa shape index (κ2) is 6.69. The van der Waals surface area contributed by atoms with Gasteiger partial charge in [0.05, 0.1) is 25.7 Å². The van der Waals surface area contributed by atoms with Gasteiger partial charge in [-0.05, 0) is 24.1 Å². The molecular formula is C15H20N2O4. The van der Waals surface area contributed by atoms with E-state index in [9.17, 15) is 9.59 Å². The highest BCUT2D eigenvalue weighted by molar-refractivity contribution is 6.00. The van der Waals surface area contributed by atoms with Crippen molar-refractivity contribution in [3.8, 4) is 0 Å². The van der Waals surface area contributed by atoms with Gasteiger partial charge in [0.25, 0.3) is 0 Å². The van der Waals surface area contributed by atoms with Crippen molar-refractivity contribution in [1.82, 2.24) is 0 Å². The van der Waals surface area contributed by atoms with E-state index in [0.717, 1.165) is 16.8 Å². The van der Waals surface area contributed by atoms with Gasteiger partial charge in [-0.15, -0.1) is 0 Å². The first-order chi connectivity index (χ1) is 10.0. The Hall–Kier alpha value is -1.92. The van der Waals surface area contributed by atoms with Crippen molar-refractivity contribution in [2.45, 2.75) is 19.4 Å². The van der Waals surface area contributed by atoms with E-state index in [0.29, 0.717) is 13.0 Å². The number of benzene rings is 1. The summed E-state index contributed by atoms with van der Waals surface area (Å²) in [4.78, 5) is 24.4. The molecule has 1 aromatic carbocycles. The summed E-state index contributed by atoms with van der Waals surface area (Å²) in [7, 11) is 1.76. The number of rotatable bonds is 6. The molecule has 1 aromatic rings. The monoisotopic (exact) mass is 292 g/mol. The summed E-state index contributed by atoms with van der Waals surface area (Å²) in [5, 5.41) is 0. The molecule has 0 aromatic heterocycles. The smallest absolute Gasteiger partial charge is 0.332 e. The Labute approximate surface area is 123 Å². The van der Waals surface area contributed by atoms with E-state index >= 15 is 0 Å². The maximum Gasteiger partial charge on any atom is 0.332 e. The number of carbonyl (C=O) groups is 2. The lowest BCUT2D eigenvalue weighted by molar-refractivity contribution is -0.148. The summed E-state index contributed by atoms with van der Waals surface area (Å²) in [6.07, 6.45) is 0.399. The van der Waals surface area contributed by atoms with E-state index in [1.54, 1.807) is 18.9 Å². The number of likely N-dealkylation sites (N-methyl/N-ethyl adjacent to an activating group) is 1. The van der Waals surface area contributed by atoms with Gasteiger partial charge in [-0.3, -0.25) is 4.79 Å². The van der Waals surface area contributed by atoms with Gasteiger partial charge in [0, 0.05) is 12.7 Å². The fourth-order valence-electron chi connectivity index (χ4n) is 2.29. The molecule has 1 amide bonds. The summed E-state index contributed by atoms with van der Waals surface area (Å²) in [6.45, 7) is 2.20. The number of carbonyl (C=O) groups excluding carboxylic acids is 2. The number of esters is 1. The fraction of sp³-hybridized carbons (Fsp3) is 0.467. The van der Waals surface area contributed by atoms with Crippen molar-refractivity contribution in [1.29, 1.82) is 0 Å². The lowest BCUT2D eigenvalue weighted by Crippen LogP contribution is -2.21. The van der Waals surface area contributed by atoms with Crippen LogP contribution in [0.4, 0.5) is 5.69 Å². The average Bonchev–Trinajstić information content (AvgIpc) is 2.74. The molecule has 0 spiro atoms. The molecule has 1 heterocycles. The molecule has 0 bridgehead atoms. The van der Waals surface area contributed by atoms with Crippen LogP contribution in [0.15, 0.2) is 18.2 Å². The molecule has 0 radical (unpaired) electrons. The SMILES string of the molecule is CCOC(=O)COCC(N)c1ccc2c(c1)CC(=O)N2C. The summed E-state index contributed by atoms with van der Waals surface area (Å²) >= 11 is 0. The highest BCUT2D eigenvalue weighted by Gasteiger charge is 2.24. The van der Waals surface area contributed by atoms with Crippen molar-refractivity contribution in [3.05, 3.63) is 29.3 Å². The van der Waals surface area contributed by atoms with Crippen LogP contribution in [0.3, 0.4) is 0 Å². The predicted molar refractivity (Wildman–Crippen MR) is 77.9 cm³/mol. The van der Waals surface area contributed by atoms with Crippen LogP contribution in [0, 0.1) is 0 Å². The van der Waals surface area contributed by atoms with Crippen LogP contribution < -0.4 is 10.6 Å². The van der Waals surface area contributed by atoms with E-state index in [2.05, 4.69) is 0 Å². The van der Waals surface area contributed by atoms with Gasteiger partial charge in [-0.25, -0.2) is 4.79 Å². The third kappa shape index (κ3) is 3.59. The number of anilines is 1. The van der Waals surface area contributed by atoms with Crippen molar-refractivity contribution < 1.29 is 19.1 Å². The van der Waals surface area contributed by atoms with E-state index in [1.165, 1.54) is 0 Å². The second-order valence-corrected chi connectivity index (χ2v) is 4.94. The minimum Gasteiger partial charge on any atom is -0.464 e. The first-order valence-corrected chi connectivity index (χ1v) is 6.91. The summed E-state index contributed by atoms with van der Waals surface area (Å²) in [5.74, 6) is -0.319. The van der Waals surface area contributed by atoms with Crippen molar-refractivity contribution in [3.63, 3.8) is 0 Å². The van der Waals surface area contributed by atoms with Crippen molar-refractivity contribution >= 4 is 17.6 Å². The maximum absolute atomic E-state index is 11.6. The Bertz CT molecular complexity index is 544. The quantitative estimate of drug-likeness (QED) is 0.784. The first kappa shape index (κ1) is 15.5. The Morgan fingerprint density at radius 2 is 2.24 bits per heavy atom. The zero-order valence-electron chi connectivity index (χ0n) is 12.3. The summed E-state index contributed by atoms with van der Waals surface area (Å²) < 4.78 is 10.0. The number of fused-ring (bicyclic) bond motifs is 1.